The van der Waals surface area contributed by atoms with Crippen LogP contribution in [0.15, 0.2) is 53.9 Å². The number of nitrogens with one attached hydrogen (secondary N) is 2. The number of carbonyl (C=O) groups is 1. The van der Waals surface area contributed by atoms with Gasteiger partial charge in [0.15, 0.2) is 18.1 Å². The molecule has 0 spiro atoms. The second kappa shape index (κ2) is 9.14. The number of benzene rings is 2. The molecule has 0 radical (unpaired) electrons. The summed E-state index contributed by atoms with van der Waals surface area (Å²) in [4.78, 5) is 12.3. The molecule has 1 aromatic heterocycles. The number of fused-ring (bicyclic) bond motifs is 1. The second-order valence-corrected chi connectivity index (χ2v) is 7.69. The van der Waals surface area contributed by atoms with E-state index in [0.29, 0.717) is 28.1 Å². The summed E-state index contributed by atoms with van der Waals surface area (Å²) in [7, 11) is 1.49. The van der Waals surface area contributed by atoms with Crippen molar-refractivity contribution in [3.8, 4) is 23.4 Å². The molecule has 1 unspecified atom stereocenters. The lowest BCUT2D eigenvalue weighted by molar-refractivity contribution is -0.118. The number of nitrogens with two attached hydrogens (primary N) is 1. The van der Waals surface area contributed by atoms with Crippen molar-refractivity contribution in [2.75, 3.05) is 19.0 Å². The zero-order chi connectivity index (χ0) is 23.5. The molecule has 33 heavy (non-hydrogen) atoms. The summed E-state index contributed by atoms with van der Waals surface area (Å²) in [6, 6.07) is 14.1. The van der Waals surface area contributed by atoms with Gasteiger partial charge in [0.1, 0.15) is 11.6 Å². The first-order valence-corrected chi connectivity index (χ1v) is 10.3. The minimum absolute atomic E-state index is 0.00141. The number of methoxy groups -OCH3 is 1. The largest absolute Gasteiger partial charge is 0.493 e. The molecule has 0 bridgehead atoms. The van der Waals surface area contributed by atoms with Crippen molar-refractivity contribution in [2.24, 2.45) is 5.73 Å². The molecule has 4 rings (SSSR count). The fourth-order valence-corrected chi connectivity index (χ4v) is 3.81. The van der Waals surface area contributed by atoms with Crippen molar-refractivity contribution in [1.82, 2.24) is 10.2 Å². The average Bonchev–Trinajstić information content (AvgIpc) is 3.16. The number of ether oxygens (including phenoxy) is 3. The molecule has 3 aromatic rings. The predicted octanol–water partition coefficient (Wildman–Crippen LogP) is 3.62. The van der Waals surface area contributed by atoms with Gasteiger partial charge in [0.25, 0.3) is 5.91 Å². The number of H-pyrrole nitrogens is 1. The number of allylic oxidation sites excluding steroid dienone is 1. The Hall–Kier alpha value is -4.16. The molecule has 2 aromatic carbocycles. The van der Waals surface area contributed by atoms with Crippen LogP contribution in [-0.4, -0.2) is 29.8 Å². The summed E-state index contributed by atoms with van der Waals surface area (Å²) in [5.41, 5.74) is 9.01. The van der Waals surface area contributed by atoms with Crippen molar-refractivity contribution >= 4 is 23.2 Å². The Morgan fingerprint density at radius 2 is 2.15 bits per heavy atom. The SMILES string of the molecule is COc1cc(C2C(C#N)=C(N)Oc3n[nH]c(C)c32)ccc1OCC(=O)Nc1cccc(Cl)c1. The number of hydrogen-bond acceptors (Lipinski definition) is 7. The van der Waals surface area contributed by atoms with Crippen LogP contribution in [0.1, 0.15) is 22.7 Å². The standard InChI is InChI=1S/C23H20ClN5O4/c1-12-20-21(16(10-25)22(26)33-23(20)29-28-12)13-6-7-17(18(8-13)31-2)32-11-19(30)27-15-5-3-4-14(24)9-15/h3-9,21H,11,26H2,1-2H3,(H,27,30)(H,28,29). The molecule has 10 heteroatoms. The molecule has 0 saturated heterocycles. The molecule has 1 amide bonds. The Morgan fingerprint density at radius 1 is 1.33 bits per heavy atom. The highest BCUT2D eigenvalue weighted by Crippen LogP contribution is 2.44. The van der Waals surface area contributed by atoms with Crippen molar-refractivity contribution < 1.29 is 19.0 Å². The predicted molar refractivity (Wildman–Crippen MR) is 121 cm³/mol. The molecule has 168 valence electrons. The normalized spacial score (nSPS) is 14.7. The van der Waals surface area contributed by atoms with E-state index in [2.05, 4.69) is 21.6 Å². The minimum atomic E-state index is -0.494. The van der Waals surface area contributed by atoms with Gasteiger partial charge in [-0.15, -0.1) is 5.10 Å². The molecule has 1 aliphatic heterocycles. The monoisotopic (exact) mass is 465 g/mol. The van der Waals surface area contributed by atoms with Crippen molar-refractivity contribution in [3.63, 3.8) is 0 Å². The Labute approximate surface area is 194 Å². The number of carbonyl (C=O) groups excluding carboxylic acids is 1. The van der Waals surface area contributed by atoms with E-state index in [9.17, 15) is 10.1 Å². The number of halogens is 1. The fraction of sp³-hybridized carbons (Fsp3) is 0.174. The van der Waals surface area contributed by atoms with Crippen molar-refractivity contribution in [2.45, 2.75) is 12.8 Å². The summed E-state index contributed by atoms with van der Waals surface area (Å²) in [5.74, 6) is 0.243. The number of aromatic nitrogens is 2. The van der Waals surface area contributed by atoms with Gasteiger partial charge >= 0.3 is 0 Å². The number of nitrogens with zero attached hydrogens (tertiary/aromatic N) is 2. The van der Waals surface area contributed by atoms with E-state index < -0.39 is 5.92 Å². The molecule has 2 heterocycles. The van der Waals surface area contributed by atoms with Gasteiger partial charge in [-0.2, -0.15) is 5.26 Å². The van der Waals surface area contributed by atoms with Crippen LogP contribution in [0, 0.1) is 18.3 Å². The Balaban J connectivity index is 1.57. The van der Waals surface area contributed by atoms with E-state index in [-0.39, 0.29) is 24.0 Å². The first-order valence-electron chi connectivity index (χ1n) is 9.90. The van der Waals surface area contributed by atoms with Crippen LogP contribution < -0.4 is 25.3 Å². The number of anilines is 1. The first kappa shape index (κ1) is 22.0. The lowest BCUT2D eigenvalue weighted by atomic mass is 9.84. The molecule has 4 N–H and O–H groups in total. The lowest BCUT2D eigenvalue weighted by Crippen LogP contribution is -2.21. The molecule has 0 aliphatic carbocycles. The first-order chi connectivity index (χ1) is 15.9. The highest BCUT2D eigenvalue weighted by molar-refractivity contribution is 6.30. The second-order valence-electron chi connectivity index (χ2n) is 7.25. The summed E-state index contributed by atoms with van der Waals surface area (Å²) < 4.78 is 16.6. The molecule has 9 nitrogen and oxygen atoms in total. The average molecular weight is 466 g/mol. The third-order valence-electron chi connectivity index (χ3n) is 5.12. The molecule has 1 atom stereocenters. The number of rotatable bonds is 6. The van der Waals surface area contributed by atoms with Gasteiger partial charge in [0.2, 0.25) is 11.8 Å². The van der Waals surface area contributed by atoms with E-state index in [4.69, 9.17) is 31.5 Å². The minimum Gasteiger partial charge on any atom is -0.493 e. The topological polar surface area (TPSA) is 135 Å². The quantitative estimate of drug-likeness (QED) is 0.505. The van der Waals surface area contributed by atoms with Gasteiger partial charge in [-0.1, -0.05) is 23.7 Å². The maximum Gasteiger partial charge on any atom is 0.262 e. The molecular weight excluding hydrogens is 446 g/mol. The van der Waals surface area contributed by atoms with Crippen molar-refractivity contribution in [1.29, 1.82) is 5.26 Å². The highest BCUT2D eigenvalue weighted by atomic mass is 35.5. The van der Waals surface area contributed by atoms with Crippen LogP contribution in [0.25, 0.3) is 0 Å². The number of nitriles is 1. The van der Waals surface area contributed by atoms with E-state index in [1.54, 1.807) is 42.5 Å². The number of hydrogen-bond donors (Lipinski definition) is 3. The smallest absolute Gasteiger partial charge is 0.262 e. The van der Waals surface area contributed by atoms with Gasteiger partial charge in [0, 0.05) is 22.0 Å². The van der Waals surface area contributed by atoms with Crippen molar-refractivity contribution in [3.05, 3.63) is 75.8 Å². The molecule has 1 aliphatic rings. The third-order valence-corrected chi connectivity index (χ3v) is 5.35. The molecule has 0 saturated carbocycles. The maximum atomic E-state index is 12.3. The summed E-state index contributed by atoms with van der Waals surface area (Å²) in [6.07, 6.45) is 0. The van der Waals surface area contributed by atoms with Gasteiger partial charge < -0.3 is 25.3 Å². The zero-order valence-electron chi connectivity index (χ0n) is 17.8. The summed E-state index contributed by atoms with van der Waals surface area (Å²) in [5, 5.41) is 19.9. The number of amides is 1. The third kappa shape index (κ3) is 4.42. The maximum absolute atomic E-state index is 12.3. The highest BCUT2D eigenvalue weighted by Gasteiger charge is 2.34. The van der Waals surface area contributed by atoms with Crippen LogP contribution in [0.5, 0.6) is 17.4 Å². The lowest BCUT2D eigenvalue weighted by Gasteiger charge is -2.24. The molecule has 0 fully saturated rings. The van der Waals surface area contributed by atoms with Crippen LogP contribution in [0.3, 0.4) is 0 Å². The summed E-state index contributed by atoms with van der Waals surface area (Å²) >= 11 is 5.94. The number of aryl methyl sites for hydroxylation is 1. The Bertz CT molecular complexity index is 1290. The van der Waals surface area contributed by atoms with E-state index in [1.165, 1.54) is 7.11 Å². The van der Waals surface area contributed by atoms with E-state index in [0.717, 1.165) is 16.8 Å². The number of aromatic amines is 1. The van der Waals surface area contributed by atoms with Gasteiger partial charge in [-0.3, -0.25) is 9.89 Å². The van der Waals surface area contributed by atoms with E-state index in [1.807, 2.05) is 6.92 Å². The Morgan fingerprint density at radius 3 is 2.88 bits per heavy atom. The van der Waals surface area contributed by atoms with Crippen LogP contribution in [0.4, 0.5) is 5.69 Å². The van der Waals surface area contributed by atoms with E-state index >= 15 is 0 Å². The summed E-state index contributed by atoms with van der Waals surface area (Å²) in [6.45, 7) is 1.60. The van der Waals surface area contributed by atoms with Crippen LogP contribution >= 0.6 is 11.6 Å². The van der Waals surface area contributed by atoms with Gasteiger partial charge in [-0.05, 0) is 42.8 Å². The van der Waals surface area contributed by atoms with Crippen LogP contribution in [-0.2, 0) is 4.79 Å². The fourth-order valence-electron chi connectivity index (χ4n) is 3.62. The van der Waals surface area contributed by atoms with Gasteiger partial charge in [-0.25, -0.2) is 0 Å². The van der Waals surface area contributed by atoms with Crippen LogP contribution in [0.2, 0.25) is 5.02 Å². The Kier molecular flexibility index (Phi) is 6.11. The molecular formula is C23H20ClN5O4. The zero-order valence-corrected chi connectivity index (χ0v) is 18.6. The van der Waals surface area contributed by atoms with Gasteiger partial charge in [0.05, 0.1) is 13.0 Å².